The third-order valence-corrected chi connectivity index (χ3v) is 14.0. The highest BCUT2D eigenvalue weighted by Gasteiger charge is 2.47. The van der Waals surface area contributed by atoms with E-state index in [1.54, 1.807) is 0 Å². The molecule has 1 heteroatoms. The maximum atomic E-state index is 2.54. The second-order valence-corrected chi connectivity index (χ2v) is 17.3. The van der Waals surface area contributed by atoms with Gasteiger partial charge in [-0.2, -0.15) is 0 Å². The summed E-state index contributed by atoms with van der Waals surface area (Å²) in [6.45, 7) is 2.40. The molecule has 0 bridgehead atoms. The molecule has 0 aromatic heterocycles. The molecule has 0 radical (unpaired) electrons. The lowest BCUT2D eigenvalue weighted by molar-refractivity contribution is 0.714. The fourth-order valence-electron chi connectivity index (χ4n) is 11.1. The molecule has 302 valence electrons. The number of fused-ring (bicyclic) bond motifs is 6. The molecule has 0 spiro atoms. The Morgan fingerprint density at radius 2 is 0.766 bits per heavy atom. The molecule has 2 aliphatic carbocycles. The maximum Gasteiger partial charge on any atom is 0.0714 e. The minimum atomic E-state index is -0.536. The Bertz CT molecular complexity index is 3220. The van der Waals surface area contributed by atoms with E-state index in [1.165, 1.54) is 83.5 Å². The van der Waals surface area contributed by atoms with E-state index in [0.29, 0.717) is 0 Å². The smallest absolute Gasteiger partial charge is 0.0714 e. The molecule has 10 aromatic carbocycles. The van der Waals surface area contributed by atoms with E-state index >= 15 is 0 Å². The molecule has 0 fully saturated rings. The molecule has 0 N–H and O–H groups in total. The van der Waals surface area contributed by atoms with Crippen LogP contribution in [0.5, 0.6) is 0 Å². The molecule has 64 heavy (non-hydrogen) atoms. The first-order valence-electron chi connectivity index (χ1n) is 22.3. The van der Waals surface area contributed by atoms with Crippen molar-refractivity contribution in [3.63, 3.8) is 0 Å². The number of hydrogen-bond donors (Lipinski definition) is 0. The van der Waals surface area contributed by atoms with Gasteiger partial charge in [-0.05, 0) is 121 Å². The van der Waals surface area contributed by atoms with Gasteiger partial charge in [0.25, 0.3) is 0 Å². The van der Waals surface area contributed by atoms with E-state index < -0.39 is 5.41 Å². The second-order valence-electron chi connectivity index (χ2n) is 17.3. The Hall–Kier alpha value is -8.00. The van der Waals surface area contributed by atoms with Crippen molar-refractivity contribution in [1.82, 2.24) is 0 Å². The van der Waals surface area contributed by atoms with Gasteiger partial charge in [0.2, 0.25) is 0 Å². The first-order chi connectivity index (χ1) is 31.6. The van der Waals surface area contributed by atoms with Crippen LogP contribution >= 0.6 is 0 Å². The summed E-state index contributed by atoms with van der Waals surface area (Å²) in [5.41, 5.74) is 21.3. The highest BCUT2D eigenvalue weighted by molar-refractivity contribution is 5.99. The highest BCUT2D eigenvalue weighted by atomic mass is 15.1. The number of benzene rings is 10. The van der Waals surface area contributed by atoms with Gasteiger partial charge in [-0.25, -0.2) is 0 Å². The fourth-order valence-corrected chi connectivity index (χ4v) is 11.1. The summed E-state index contributed by atoms with van der Waals surface area (Å²) in [6, 6.07) is 94.3. The van der Waals surface area contributed by atoms with Crippen molar-refractivity contribution in [2.24, 2.45) is 0 Å². The second kappa shape index (κ2) is 15.1. The SMILES string of the molecule is CC1(c2ccccc2)c2ccccc2-c2cc(N(c3cc(-c4ccccc4)cc(-c4ccccc4)c3)c3cccc4c3-c3ccccc3C4(c3ccccc3)c3ccccc3)ccc21. The average molecular weight is 816 g/mol. The molecule has 12 rings (SSSR count). The van der Waals surface area contributed by atoms with Crippen molar-refractivity contribution in [2.75, 3.05) is 4.90 Å². The minimum Gasteiger partial charge on any atom is -0.310 e. The largest absolute Gasteiger partial charge is 0.310 e. The number of rotatable bonds is 8. The third kappa shape index (κ3) is 5.71. The molecular formula is C63H45N. The quantitative estimate of drug-likeness (QED) is 0.148. The van der Waals surface area contributed by atoms with Crippen LogP contribution in [0, 0.1) is 0 Å². The molecule has 2 aliphatic rings. The van der Waals surface area contributed by atoms with Crippen LogP contribution in [0.2, 0.25) is 0 Å². The van der Waals surface area contributed by atoms with Crippen LogP contribution in [-0.4, -0.2) is 0 Å². The van der Waals surface area contributed by atoms with Crippen molar-refractivity contribution in [1.29, 1.82) is 0 Å². The highest BCUT2D eigenvalue weighted by Crippen LogP contribution is 2.60. The Morgan fingerprint density at radius 3 is 1.36 bits per heavy atom. The summed E-state index contributed by atoms with van der Waals surface area (Å²) >= 11 is 0. The summed E-state index contributed by atoms with van der Waals surface area (Å²) in [4.78, 5) is 2.54. The van der Waals surface area contributed by atoms with Gasteiger partial charge in [0.05, 0.1) is 11.1 Å². The maximum absolute atomic E-state index is 2.54. The molecule has 0 saturated carbocycles. The Balaban J connectivity index is 1.18. The van der Waals surface area contributed by atoms with Crippen LogP contribution in [0.25, 0.3) is 44.5 Å². The van der Waals surface area contributed by atoms with Gasteiger partial charge in [-0.15, -0.1) is 0 Å². The first-order valence-corrected chi connectivity index (χ1v) is 22.3. The monoisotopic (exact) mass is 815 g/mol. The summed E-state index contributed by atoms with van der Waals surface area (Å²) < 4.78 is 0. The van der Waals surface area contributed by atoms with Gasteiger partial charge < -0.3 is 4.90 Å². The molecule has 0 heterocycles. The van der Waals surface area contributed by atoms with Crippen LogP contribution in [0.3, 0.4) is 0 Å². The van der Waals surface area contributed by atoms with Crippen LogP contribution < -0.4 is 4.90 Å². The van der Waals surface area contributed by atoms with Gasteiger partial charge >= 0.3 is 0 Å². The Morgan fingerprint density at radius 1 is 0.297 bits per heavy atom. The summed E-state index contributed by atoms with van der Waals surface area (Å²) in [5.74, 6) is 0. The topological polar surface area (TPSA) is 3.24 Å². The summed E-state index contributed by atoms with van der Waals surface area (Å²) in [7, 11) is 0. The molecule has 1 atom stereocenters. The summed E-state index contributed by atoms with van der Waals surface area (Å²) in [6.07, 6.45) is 0. The van der Waals surface area contributed by atoms with Gasteiger partial charge in [0.1, 0.15) is 0 Å². The Kier molecular flexibility index (Phi) is 8.91. The van der Waals surface area contributed by atoms with Gasteiger partial charge in [0.15, 0.2) is 0 Å². The van der Waals surface area contributed by atoms with Gasteiger partial charge in [-0.3, -0.25) is 0 Å². The van der Waals surface area contributed by atoms with E-state index in [2.05, 4.69) is 267 Å². The van der Waals surface area contributed by atoms with Crippen molar-refractivity contribution in [3.8, 4) is 44.5 Å². The zero-order chi connectivity index (χ0) is 42.7. The molecule has 0 amide bonds. The molecule has 0 saturated heterocycles. The van der Waals surface area contributed by atoms with Gasteiger partial charge in [-0.1, -0.05) is 218 Å². The van der Waals surface area contributed by atoms with Crippen molar-refractivity contribution in [2.45, 2.75) is 17.8 Å². The number of hydrogen-bond acceptors (Lipinski definition) is 1. The lowest BCUT2D eigenvalue weighted by Gasteiger charge is -2.34. The number of anilines is 3. The van der Waals surface area contributed by atoms with E-state index in [-0.39, 0.29) is 5.41 Å². The summed E-state index contributed by atoms with van der Waals surface area (Å²) in [5, 5.41) is 0. The molecule has 10 aromatic rings. The standard InChI is InChI=1S/C63H45N/c1-62(48-26-11-4-12-27-48)56-34-19-17-32-53(56)55-43-51(38-39-57(55)62)64(52-41-46(44-22-7-2-8-23-44)40-47(42-52)45-24-9-3-10-25-45)60-37-21-36-59-61(60)54-33-18-20-35-58(54)63(59,49-28-13-5-14-29-49)50-30-15-6-16-31-50/h2-43H,1H3. The predicted octanol–water partition coefficient (Wildman–Crippen LogP) is 16.2. The van der Waals surface area contributed by atoms with E-state index in [0.717, 1.165) is 17.1 Å². The normalized spacial score (nSPS) is 15.1. The molecule has 1 unspecified atom stereocenters. The van der Waals surface area contributed by atoms with Crippen molar-refractivity contribution < 1.29 is 0 Å². The zero-order valence-electron chi connectivity index (χ0n) is 35.7. The van der Waals surface area contributed by atoms with E-state index in [9.17, 15) is 0 Å². The zero-order valence-corrected chi connectivity index (χ0v) is 35.7. The van der Waals surface area contributed by atoms with Crippen LogP contribution in [0.15, 0.2) is 255 Å². The molecular weight excluding hydrogens is 771 g/mol. The van der Waals surface area contributed by atoms with Crippen LogP contribution in [0.4, 0.5) is 17.1 Å². The Labute approximate surface area is 376 Å². The number of nitrogens with zero attached hydrogens (tertiary/aromatic N) is 1. The molecule has 0 aliphatic heterocycles. The van der Waals surface area contributed by atoms with E-state index in [4.69, 9.17) is 0 Å². The minimum absolute atomic E-state index is 0.303. The lowest BCUT2D eigenvalue weighted by Crippen LogP contribution is -2.28. The first kappa shape index (κ1) is 37.7. The average Bonchev–Trinajstić information content (AvgIpc) is 3.83. The van der Waals surface area contributed by atoms with Crippen molar-refractivity contribution >= 4 is 17.1 Å². The fraction of sp³-hybridized carbons (Fsp3) is 0.0476. The van der Waals surface area contributed by atoms with Gasteiger partial charge in [0, 0.05) is 22.4 Å². The predicted molar refractivity (Wildman–Crippen MR) is 267 cm³/mol. The van der Waals surface area contributed by atoms with Crippen molar-refractivity contribution in [3.05, 3.63) is 294 Å². The van der Waals surface area contributed by atoms with Crippen LogP contribution in [0.1, 0.15) is 45.9 Å². The molecule has 1 nitrogen and oxygen atoms in total. The van der Waals surface area contributed by atoms with Crippen LogP contribution in [-0.2, 0) is 10.8 Å². The third-order valence-electron chi connectivity index (χ3n) is 14.0. The lowest BCUT2D eigenvalue weighted by atomic mass is 9.68. The van der Waals surface area contributed by atoms with E-state index in [1.807, 2.05) is 0 Å².